The molecule has 1 aliphatic rings. The van der Waals surface area contributed by atoms with Crippen LogP contribution < -0.4 is 9.64 Å². The zero-order valence-corrected chi connectivity index (χ0v) is 23.1. The van der Waals surface area contributed by atoms with Crippen LogP contribution in [-0.2, 0) is 6.54 Å². The van der Waals surface area contributed by atoms with Crippen LogP contribution in [0, 0.1) is 11.2 Å². The third-order valence-corrected chi connectivity index (χ3v) is 7.81. The molecule has 1 N–H and O–H groups in total. The molecule has 2 amide bonds. The third-order valence-electron chi connectivity index (χ3n) is 7.81. The molecule has 0 bridgehead atoms. The summed E-state index contributed by atoms with van der Waals surface area (Å²) in [5.41, 5.74) is 1.46. The second-order valence-electron chi connectivity index (χ2n) is 11.3. The summed E-state index contributed by atoms with van der Waals surface area (Å²) >= 11 is 0. The van der Waals surface area contributed by atoms with E-state index in [-0.39, 0.29) is 17.1 Å². The fourth-order valence-electron chi connectivity index (χ4n) is 4.91. The molecule has 39 heavy (non-hydrogen) atoms. The van der Waals surface area contributed by atoms with Crippen molar-refractivity contribution in [2.45, 2.75) is 39.8 Å². The van der Waals surface area contributed by atoms with Crippen molar-refractivity contribution in [3.63, 3.8) is 0 Å². The van der Waals surface area contributed by atoms with Crippen molar-refractivity contribution in [3.05, 3.63) is 89.7 Å². The van der Waals surface area contributed by atoms with Crippen LogP contribution in [0.3, 0.4) is 0 Å². The molecule has 8 heteroatoms. The van der Waals surface area contributed by atoms with Gasteiger partial charge >= 0.3 is 6.09 Å². The Hall–Kier alpha value is -3.91. The number of rotatable bonds is 6. The van der Waals surface area contributed by atoms with Crippen molar-refractivity contribution in [1.29, 1.82) is 0 Å². The number of ether oxygens (including phenoxy) is 1. The molecule has 1 fully saturated rings. The average molecular weight is 534 g/mol. The van der Waals surface area contributed by atoms with E-state index >= 15 is 0 Å². The van der Waals surface area contributed by atoms with Gasteiger partial charge in [-0.1, -0.05) is 45.0 Å². The summed E-state index contributed by atoms with van der Waals surface area (Å²) in [6.07, 6.45) is -0.881. The minimum atomic E-state index is -0.881. The maximum absolute atomic E-state index is 13.4. The summed E-state index contributed by atoms with van der Waals surface area (Å²) in [6.45, 7) is 10.7. The van der Waals surface area contributed by atoms with E-state index < -0.39 is 11.6 Å². The van der Waals surface area contributed by atoms with Crippen LogP contribution >= 0.6 is 0 Å². The Labute approximate surface area is 229 Å². The molecule has 3 aromatic rings. The lowest BCUT2D eigenvalue weighted by atomic mass is 9.72. The molecule has 1 saturated heterocycles. The van der Waals surface area contributed by atoms with Gasteiger partial charge in [0.15, 0.2) is 0 Å². The molecule has 0 aromatic heterocycles. The number of benzene rings is 3. The Morgan fingerprint density at radius 3 is 2.26 bits per heavy atom. The van der Waals surface area contributed by atoms with Crippen LogP contribution in [0.25, 0.3) is 0 Å². The number of anilines is 1. The largest absolute Gasteiger partial charge is 0.465 e. The molecule has 3 aromatic carbocycles. The molecule has 0 aliphatic carbocycles. The first-order chi connectivity index (χ1) is 18.4. The van der Waals surface area contributed by atoms with Crippen LogP contribution in [0.2, 0.25) is 0 Å². The number of hydrogen-bond acceptors (Lipinski definition) is 4. The number of carboxylic acid groups (broad SMARTS) is 1. The smallest absolute Gasteiger partial charge is 0.407 e. The molecule has 0 saturated carbocycles. The van der Waals surface area contributed by atoms with Crippen LogP contribution in [-0.4, -0.2) is 59.1 Å². The second kappa shape index (κ2) is 11.1. The predicted octanol–water partition coefficient (Wildman–Crippen LogP) is 6.50. The molecular formula is C31H36FN3O4. The second-order valence-corrected chi connectivity index (χ2v) is 11.3. The molecule has 0 unspecified atom stereocenters. The molecule has 4 rings (SSSR count). The van der Waals surface area contributed by atoms with Gasteiger partial charge in [0.05, 0.1) is 11.1 Å². The Balaban J connectivity index is 1.45. The molecule has 1 atom stereocenters. The van der Waals surface area contributed by atoms with Crippen molar-refractivity contribution >= 4 is 17.7 Å². The maximum Gasteiger partial charge on any atom is 0.407 e. The van der Waals surface area contributed by atoms with Gasteiger partial charge in [-0.05, 0) is 66.4 Å². The van der Waals surface area contributed by atoms with E-state index in [1.807, 2.05) is 31.2 Å². The third kappa shape index (κ3) is 6.06. The quantitative estimate of drug-likeness (QED) is 0.392. The number of carbonyl (C=O) groups is 2. The van der Waals surface area contributed by atoms with Crippen molar-refractivity contribution in [2.75, 3.05) is 31.6 Å². The fraction of sp³-hybridized carbons (Fsp3) is 0.355. The van der Waals surface area contributed by atoms with Crippen LogP contribution in [0.5, 0.6) is 11.5 Å². The summed E-state index contributed by atoms with van der Waals surface area (Å²) in [5.74, 6) is 0.238. The lowest BCUT2D eigenvalue weighted by Gasteiger charge is -2.54. The number of piperazine rings is 1. The monoisotopic (exact) mass is 533 g/mol. The Kier molecular flexibility index (Phi) is 7.97. The van der Waals surface area contributed by atoms with E-state index in [2.05, 4.69) is 25.7 Å². The summed E-state index contributed by atoms with van der Waals surface area (Å²) in [4.78, 5) is 30.7. The molecule has 1 heterocycles. The van der Waals surface area contributed by atoms with Gasteiger partial charge in [-0.3, -0.25) is 14.6 Å². The van der Waals surface area contributed by atoms with Crippen molar-refractivity contribution < 1.29 is 23.8 Å². The topological polar surface area (TPSA) is 73.3 Å². The van der Waals surface area contributed by atoms with Crippen LogP contribution in [0.15, 0.2) is 72.8 Å². The van der Waals surface area contributed by atoms with E-state index in [1.54, 1.807) is 41.1 Å². The summed E-state index contributed by atoms with van der Waals surface area (Å²) in [5, 5.41) is 9.78. The van der Waals surface area contributed by atoms with E-state index in [9.17, 15) is 19.1 Å². The highest BCUT2D eigenvalue weighted by Crippen LogP contribution is 2.39. The van der Waals surface area contributed by atoms with Gasteiger partial charge in [0.25, 0.3) is 5.91 Å². The first kappa shape index (κ1) is 28.1. The number of halogens is 1. The molecule has 7 nitrogen and oxygen atoms in total. The van der Waals surface area contributed by atoms with Gasteiger partial charge in [-0.2, -0.15) is 0 Å². The standard InChI is InChI=1S/C31H36FN3O4/c1-30(2,3)31(4)21-34(18-19-35(31)29(37)38)20-22-10-14-24(15-11-22)33(5)28(36)26-8-6-7-9-27(26)39-25-16-12-23(32)13-17-25/h6-17H,18-21H2,1-5H3,(H,37,38)/t31-/m1/s1. The highest BCUT2D eigenvalue weighted by Gasteiger charge is 2.48. The Morgan fingerprint density at radius 1 is 1.00 bits per heavy atom. The predicted molar refractivity (Wildman–Crippen MR) is 150 cm³/mol. The summed E-state index contributed by atoms with van der Waals surface area (Å²) in [7, 11) is 1.71. The van der Waals surface area contributed by atoms with E-state index in [0.29, 0.717) is 43.2 Å². The summed E-state index contributed by atoms with van der Waals surface area (Å²) in [6, 6.07) is 20.4. The lowest BCUT2D eigenvalue weighted by Crippen LogP contribution is -2.67. The van der Waals surface area contributed by atoms with Gasteiger partial charge in [-0.25, -0.2) is 9.18 Å². The molecule has 1 aliphatic heterocycles. The molecular weight excluding hydrogens is 497 g/mol. The normalized spacial score (nSPS) is 18.1. The van der Waals surface area contributed by atoms with Gasteiger partial charge < -0.3 is 14.7 Å². The molecule has 206 valence electrons. The number of nitrogens with zero attached hydrogens (tertiary/aromatic N) is 3. The van der Waals surface area contributed by atoms with E-state index in [4.69, 9.17) is 4.74 Å². The zero-order valence-electron chi connectivity index (χ0n) is 23.1. The SMILES string of the molecule is CN(C(=O)c1ccccc1Oc1ccc(F)cc1)c1ccc(CN2CCN(C(=O)O)[C@@](C)(C(C)(C)C)C2)cc1. The lowest BCUT2D eigenvalue weighted by molar-refractivity contribution is -0.0462. The maximum atomic E-state index is 13.4. The van der Waals surface area contributed by atoms with Gasteiger partial charge in [-0.15, -0.1) is 0 Å². The minimum absolute atomic E-state index is 0.228. The van der Waals surface area contributed by atoms with Gasteiger partial charge in [0.1, 0.15) is 17.3 Å². The summed E-state index contributed by atoms with van der Waals surface area (Å²) < 4.78 is 19.1. The van der Waals surface area contributed by atoms with Crippen LogP contribution in [0.4, 0.5) is 14.9 Å². The Morgan fingerprint density at radius 2 is 1.64 bits per heavy atom. The minimum Gasteiger partial charge on any atom is -0.465 e. The molecule has 0 spiro atoms. The number of carbonyl (C=O) groups excluding carboxylic acids is 1. The van der Waals surface area contributed by atoms with Crippen molar-refractivity contribution in [2.24, 2.45) is 5.41 Å². The fourth-order valence-corrected chi connectivity index (χ4v) is 4.91. The van der Waals surface area contributed by atoms with Crippen molar-refractivity contribution in [3.8, 4) is 11.5 Å². The number of amides is 2. The zero-order chi connectivity index (χ0) is 28.4. The first-order valence-electron chi connectivity index (χ1n) is 13.0. The van der Waals surface area contributed by atoms with Gasteiger partial charge in [0.2, 0.25) is 0 Å². The van der Waals surface area contributed by atoms with Crippen molar-refractivity contribution in [1.82, 2.24) is 9.80 Å². The average Bonchev–Trinajstić information content (AvgIpc) is 2.89. The van der Waals surface area contributed by atoms with E-state index in [0.717, 1.165) is 11.3 Å². The number of hydrogen-bond donors (Lipinski definition) is 1. The first-order valence-corrected chi connectivity index (χ1v) is 13.0. The Bertz CT molecular complexity index is 1320. The number of para-hydroxylation sites is 1. The van der Waals surface area contributed by atoms with Crippen LogP contribution in [0.1, 0.15) is 43.6 Å². The molecule has 0 radical (unpaired) electrons. The highest BCUT2D eigenvalue weighted by molar-refractivity contribution is 6.07. The van der Waals surface area contributed by atoms with Gasteiger partial charge in [0, 0.05) is 38.9 Å². The highest BCUT2D eigenvalue weighted by atomic mass is 19.1. The van der Waals surface area contributed by atoms with E-state index in [1.165, 1.54) is 24.3 Å².